The molecule has 1 heterocycles. The first-order valence-electron chi connectivity index (χ1n) is 5.30. The Kier molecular flexibility index (Phi) is 4.20. The second-order valence-electron chi connectivity index (χ2n) is 3.88. The summed E-state index contributed by atoms with van der Waals surface area (Å²) in [5, 5.41) is 1.40. The smallest absolute Gasteiger partial charge is 0.0485 e. The van der Waals surface area contributed by atoms with Gasteiger partial charge in [-0.25, -0.2) is 0 Å². The van der Waals surface area contributed by atoms with Gasteiger partial charge in [0.25, 0.3) is 0 Å². The Bertz CT molecular complexity index is 457. The van der Waals surface area contributed by atoms with Gasteiger partial charge >= 0.3 is 0 Å². The predicted molar refractivity (Wildman–Crippen MR) is 77.1 cm³/mol. The van der Waals surface area contributed by atoms with E-state index in [9.17, 15) is 0 Å². The molecule has 0 N–H and O–H groups in total. The molecule has 0 saturated heterocycles. The molecular formula is C13H18IN. The highest BCUT2D eigenvalue weighted by Crippen LogP contribution is 2.24. The number of aromatic nitrogens is 1. The zero-order chi connectivity index (χ0) is 10.1. The molecule has 0 aliphatic rings. The van der Waals surface area contributed by atoms with Crippen LogP contribution in [0.2, 0.25) is 0 Å². The van der Waals surface area contributed by atoms with E-state index >= 15 is 0 Å². The Morgan fingerprint density at radius 1 is 1.13 bits per heavy atom. The van der Waals surface area contributed by atoms with Gasteiger partial charge in [-0.3, -0.25) is 0 Å². The molecule has 0 amide bonds. The van der Waals surface area contributed by atoms with Crippen molar-refractivity contribution in [3.63, 3.8) is 0 Å². The van der Waals surface area contributed by atoms with Crippen LogP contribution >= 0.6 is 24.0 Å². The molecule has 82 valence electrons. The van der Waals surface area contributed by atoms with Gasteiger partial charge in [-0.05, 0) is 31.9 Å². The Balaban J connectivity index is 0.00000112. The first kappa shape index (κ1) is 12.6. The average molecular weight is 315 g/mol. The molecule has 2 aromatic rings. The lowest BCUT2D eigenvalue weighted by molar-refractivity contribution is 0.684. The Morgan fingerprint density at radius 2 is 1.80 bits per heavy atom. The zero-order valence-corrected chi connectivity index (χ0v) is 11.9. The van der Waals surface area contributed by atoms with Crippen molar-refractivity contribution in [1.29, 1.82) is 0 Å². The monoisotopic (exact) mass is 315 g/mol. The third-order valence-corrected chi connectivity index (χ3v) is 2.99. The molecule has 0 radical (unpaired) electrons. The van der Waals surface area contributed by atoms with Crippen molar-refractivity contribution in [2.75, 3.05) is 0 Å². The molecule has 0 fully saturated rings. The standard InChI is InChI=1S/C13H17N.HI/c1-4-9-14-11(3)10(2)12-7-5-6-8-13(12)14;/h5-8H,4,9H2,1-3H3;1H. The summed E-state index contributed by atoms with van der Waals surface area (Å²) in [7, 11) is 0. The van der Waals surface area contributed by atoms with E-state index in [2.05, 4.69) is 49.6 Å². The summed E-state index contributed by atoms with van der Waals surface area (Å²) in [5.41, 5.74) is 4.21. The second kappa shape index (κ2) is 5.01. The lowest BCUT2D eigenvalue weighted by atomic mass is 10.2. The predicted octanol–water partition coefficient (Wildman–Crippen LogP) is 4.29. The van der Waals surface area contributed by atoms with Gasteiger partial charge in [0.15, 0.2) is 0 Å². The fourth-order valence-electron chi connectivity index (χ4n) is 2.12. The van der Waals surface area contributed by atoms with Crippen LogP contribution in [0.1, 0.15) is 24.6 Å². The first-order valence-corrected chi connectivity index (χ1v) is 5.30. The van der Waals surface area contributed by atoms with Gasteiger partial charge in [-0.15, -0.1) is 24.0 Å². The van der Waals surface area contributed by atoms with Gasteiger partial charge in [0.2, 0.25) is 0 Å². The molecule has 1 aromatic heterocycles. The van der Waals surface area contributed by atoms with E-state index in [4.69, 9.17) is 0 Å². The molecule has 0 saturated carbocycles. The number of nitrogens with zero attached hydrogens (tertiary/aromatic N) is 1. The van der Waals surface area contributed by atoms with Gasteiger partial charge < -0.3 is 4.57 Å². The van der Waals surface area contributed by atoms with Crippen molar-refractivity contribution in [2.45, 2.75) is 33.7 Å². The Labute approximate surface area is 109 Å². The summed E-state index contributed by atoms with van der Waals surface area (Å²) in [6.45, 7) is 7.78. The van der Waals surface area contributed by atoms with Crippen LogP contribution in [0.5, 0.6) is 0 Å². The third-order valence-electron chi connectivity index (χ3n) is 2.99. The maximum Gasteiger partial charge on any atom is 0.0485 e. The summed E-state index contributed by atoms with van der Waals surface area (Å²) < 4.78 is 2.42. The number of halogens is 1. The number of fused-ring (bicyclic) bond motifs is 1. The molecule has 0 aliphatic heterocycles. The minimum atomic E-state index is 0. The molecule has 0 bridgehead atoms. The van der Waals surface area contributed by atoms with Crippen LogP contribution in [0.15, 0.2) is 24.3 Å². The Hall–Kier alpha value is -0.510. The quantitative estimate of drug-likeness (QED) is 0.729. The fourth-order valence-corrected chi connectivity index (χ4v) is 2.12. The SMILES string of the molecule is CCCn1c(C)c(C)c2ccccc21.I. The number of hydrogen-bond acceptors (Lipinski definition) is 0. The summed E-state index contributed by atoms with van der Waals surface area (Å²) in [6, 6.07) is 8.66. The molecule has 0 atom stereocenters. The van der Waals surface area contributed by atoms with Crippen LogP contribution in [0.3, 0.4) is 0 Å². The highest BCUT2D eigenvalue weighted by atomic mass is 127. The van der Waals surface area contributed by atoms with Crippen molar-refractivity contribution in [3.05, 3.63) is 35.5 Å². The lowest BCUT2D eigenvalue weighted by Gasteiger charge is -2.05. The summed E-state index contributed by atoms with van der Waals surface area (Å²) in [6.07, 6.45) is 1.19. The van der Waals surface area contributed by atoms with Crippen LogP contribution in [0, 0.1) is 13.8 Å². The van der Waals surface area contributed by atoms with Crippen LogP contribution < -0.4 is 0 Å². The van der Waals surface area contributed by atoms with Crippen molar-refractivity contribution >= 4 is 34.9 Å². The van der Waals surface area contributed by atoms with Gasteiger partial charge in [0, 0.05) is 23.1 Å². The highest BCUT2D eigenvalue weighted by Gasteiger charge is 2.08. The number of rotatable bonds is 2. The molecule has 1 nitrogen and oxygen atoms in total. The van der Waals surface area contributed by atoms with E-state index in [0.29, 0.717) is 0 Å². The van der Waals surface area contributed by atoms with Gasteiger partial charge in [0.1, 0.15) is 0 Å². The fraction of sp³-hybridized carbons (Fsp3) is 0.385. The van der Waals surface area contributed by atoms with Crippen LogP contribution in [0.4, 0.5) is 0 Å². The van der Waals surface area contributed by atoms with Crippen molar-refractivity contribution in [1.82, 2.24) is 4.57 Å². The lowest BCUT2D eigenvalue weighted by Crippen LogP contribution is -1.98. The van der Waals surface area contributed by atoms with Gasteiger partial charge in [-0.2, -0.15) is 0 Å². The molecule has 2 heteroatoms. The molecule has 0 spiro atoms. The second-order valence-corrected chi connectivity index (χ2v) is 3.88. The molecule has 0 aliphatic carbocycles. The van der Waals surface area contributed by atoms with E-state index in [1.807, 2.05) is 0 Å². The molecule has 15 heavy (non-hydrogen) atoms. The topological polar surface area (TPSA) is 4.93 Å². The van der Waals surface area contributed by atoms with Crippen LogP contribution in [0.25, 0.3) is 10.9 Å². The first-order chi connectivity index (χ1) is 6.75. The number of aryl methyl sites for hydroxylation is 2. The van der Waals surface area contributed by atoms with E-state index < -0.39 is 0 Å². The normalized spacial score (nSPS) is 10.3. The van der Waals surface area contributed by atoms with Crippen LogP contribution in [-0.4, -0.2) is 4.57 Å². The van der Waals surface area contributed by atoms with E-state index in [0.717, 1.165) is 6.54 Å². The van der Waals surface area contributed by atoms with Crippen molar-refractivity contribution in [3.8, 4) is 0 Å². The van der Waals surface area contributed by atoms with Crippen LogP contribution in [-0.2, 0) is 6.54 Å². The zero-order valence-electron chi connectivity index (χ0n) is 9.58. The van der Waals surface area contributed by atoms with E-state index in [-0.39, 0.29) is 24.0 Å². The summed E-state index contributed by atoms with van der Waals surface area (Å²) in [5.74, 6) is 0. The molecular weight excluding hydrogens is 297 g/mol. The molecule has 2 rings (SSSR count). The van der Waals surface area contributed by atoms with Crippen molar-refractivity contribution in [2.24, 2.45) is 0 Å². The maximum absolute atomic E-state index is 2.42. The number of para-hydroxylation sites is 1. The van der Waals surface area contributed by atoms with Gasteiger partial charge in [0.05, 0.1) is 0 Å². The Morgan fingerprint density at radius 3 is 2.47 bits per heavy atom. The number of benzene rings is 1. The molecule has 1 aromatic carbocycles. The minimum Gasteiger partial charge on any atom is -0.345 e. The molecule has 0 unspecified atom stereocenters. The minimum absolute atomic E-state index is 0. The highest BCUT2D eigenvalue weighted by molar-refractivity contribution is 14.0. The van der Waals surface area contributed by atoms with Gasteiger partial charge in [-0.1, -0.05) is 25.1 Å². The third kappa shape index (κ3) is 2.05. The largest absolute Gasteiger partial charge is 0.345 e. The average Bonchev–Trinajstić information content (AvgIpc) is 2.45. The number of hydrogen-bond donors (Lipinski definition) is 0. The van der Waals surface area contributed by atoms with E-state index in [1.165, 1.54) is 28.6 Å². The summed E-state index contributed by atoms with van der Waals surface area (Å²) in [4.78, 5) is 0. The maximum atomic E-state index is 2.42. The van der Waals surface area contributed by atoms with E-state index in [1.54, 1.807) is 0 Å². The van der Waals surface area contributed by atoms with Crippen molar-refractivity contribution < 1.29 is 0 Å². The summed E-state index contributed by atoms with van der Waals surface area (Å²) >= 11 is 0.